The Labute approximate surface area is 292 Å². The number of hydrogen-bond donors (Lipinski definition) is 1. The maximum atomic E-state index is 14.2. The van der Waals surface area contributed by atoms with Gasteiger partial charge in [0.2, 0.25) is 5.82 Å². The molecule has 6 rings (SSSR count). The molecule has 45 heavy (non-hydrogen) atoms. The molecule has 0 spiro atoms. The number of halogens is 4. The molecule has 0 unspecified atom stereocenters. The van der Waals surface area contributed by atoms with Crippen LogP contribution in [-0.4, -0.2) is 5.11 Å². The Balaban J connectivity index is 0.000000200. The monoisotopic (exact) mass is 697 g/mol. The zero-order valence-corrected chi connectivity index (χ0v) is 29.9. The number of phenols is 1. The number of rotatable bonds is 4. The predicted octanol–water partition coefficient (Wildman–Crippen LogP) is 12.0. The molecule has 3 aliphatic rings. The Hall–Kier alpha value is -1.72. The van der Waals surface area contributed by atoms with Crippen LogP contribution in [0.15, 0.2) is 48.5 Å². The van der Waals surface area contributed by atoms with Gasteiger partial charge in [-0.15, -0.1) is 0 Å². The van der Waals surface area contributed by atoms with Gasteiger partial charge < -0.3 is 5.11 Å². The second-order valence-corrected chi connectivity index (χ2v) is 14.1. The summed E-state index contributed by atoms with van der Waals surface area (Å²) in [6.45, 7) is 6.28. The van der Waals surface area contributed by atoms with Gasteiger partial charge in [0.15, 0.2) is 23.2 Å². The summed E-state index contributed by atoms with van der Waals surface area (Å²) in [7, 11) is 0. The van der Waals surface area contributed by atoms with Crippen LogP contribution in [0.25, 0.3) is 11.1 Å². The van der Waals surface area contributed by atoms with Gasteiger partial charge in [-0.2, -0.15) is 4.39 Å². The van der Waals surface area contributed by atoms with E-state index in [9.17, 15) is 22.7 Å². The molecule has 1 N–H and O–H groups in total. The third-order valence-electron chi connectivity index (χ3n) is 11.0. The van der Waals surface area contributed by atoms with E-state index in [0.29, 0.717) is 22.6 Å². The molecule has 0 atom stereocenters. The Morgan fingerprint density at radius 1 is 0.533 bits per heavy atom. The van der Waals surface area contributed by atoms with Crippen LogP contribution in [0.5, 0.6) is 5.75 Å². The second kappa shape index (κ2) is 16.4. The quantitative estimate of drug-likeness (QED) is 0.269. The zero-order chi connectivity index (χ0) is 31.4. The van der Waals surface area contributed by atoms with Crippen LogP contribution in [-0.2, 0) is 32.7 Å². The fraction of sp³-hybridized carbons (Fsp3) is 0.538. The van der Waals surface area contributed by atoms with E-state index in [4.69, 9.17) is 0 Å². The molecule has 3 aliphatic carbocycles. The molecule has 0 heterocycles. The van der Waals surface area contributed by atoms with Gasteiger partial charge in [-0.1, -0.05) is 75.9 Å². The Bertz CT molecular complexity index is 1380. The molecule has 3 saturated carbocycles. The van der Waals surface area contributed by atoms with Gasteiger partial charge in [0.05, 0.1) is 0 Å². The van der Waals surface area contributed by atoms with Crippen LogP contribution in [0, 0.1) is 53.9 Å². The van der Waals surface area contributed by atoms with Gasteiger partial charge in [0, 0.05) is 38.3 Å². The molecular weight excluding hydrogens is 649 g/mol. The standard InChI is InChI=1S/C20H28F2.C19H20F2O.Y/c1-13-3-6-15(7-4-13)16-8-10-17(11-9-16)18-12-5-14(2)19(21)20(18)22;1-12-2-4-13(5-3-12)14-6-8-15(9-7-14)16-10-11-17(22)19(21)18(16)20;/h5,12-13,15-17H,3-4,6-11H2,1-2H3;6-13,22H,2-5H2,1H3;. The summed E-state index contributed by atoms with van der Waals surface area (Å²) < 4.78 is 55.3. The molecule has 3 aromatic rings. The molecule has 0 saturated heterocycles. The van der Waals surface area contributed by atoms with Crippen LogP contribution >= 0.6 is 0 Å². The maximum Gasteiger partial charge on any atom is 0.200 e. The van der Waals surface area contributed by atoms with Crippen molar-refractivity contribution in [3.63, 3.8) is 0 Å². The summed E-state index contributed by atoms with van der Waals surface area (Å²) >= 11 is 0. The van der Waals surface area contributed by atoms with E-state index in [1.807, 2.05) is 24.3 Å². The predicted molar refractivity (Wildman–Crippen MR) is 171 cm³/mol. The van der Waals surface area contributed by atoms with Crippen molar-refractivity contribution in [2.24, 2.45) is 23.7 Å². The Kier molecular flexibility index (Phi) is 13.2. The first kappa shape index (κ1) is 36.1. The topological polar surface area (TPSA) is 20.2 Å². The molecule has 0 bridgehead atoms. The molecule has 0 amide bonds. The van der Waals surface area contributed by atoms with E-state index in [1.54, 1.807) is 19.1 Å². The molecule has 0 aromatic heterocycles. The summed E-state index contributed by atoms with van der Waals surface area (Å²) in [5.74, 6) is 0.105. The number of benzene rings is 3. The fourth-order valence-corrected chi connectivity index (χ4v) is 7.93. The summed E-state index contributed by atoms with van der Waals surface area (Å²) in [5, 5.41) is 9.19. The molecule has 241 valence electrons. The van der Waals surface area contributed by atoms with Crippen molar-refractivity contribution in [1.82, 2.24) is 0 Å². The molecule has 1 radical (unpaired) electrons. The first-order valence-electron chi connectivity index (χ1n) is 16.8. The number of hydrogen-bond acceptors (Lipinski definition) is 1. The molecule has 0 aliphatic heterocycles. The van der Waals surface area contributed by atoms with Crippen molar-refractivity contribution >= 4 is 0 Å². The van der Waals surface area contributed by atoms with Crippen LogP contribution < -0.4 is 0 Å². The van der Waals surface area contributed by atoms with Gasteiger partial charge in [-0.25, -0.2) is 13.2 Å². The first-order chi connectivity index (χ1) is 21.1. The Morgan fingerprint density at radius 3 is 1.62 bits per heavy atom. The van der Waals surface area contributed by atoms with E-state index in [1.165, 1.54) is 81.9 Å². The fourth-order valence-electron chi connectivity index (χ4n) is 7.93. The third kappa shape index (κ3) is 8.80. The van der Waals surface area contributed by atoms with Crippen LogP contribution in [0.4, 0.5) is 17.6 Å². The normalized spacial score (nSPS) is 26.7. The number of aryl methyl sites for hydroxylation is 1. The number of phenolic OH excluding ortho intramolecular Hbond substituents is 1. The molecule has 1 nitrogen and oxygen atoms in total. The summed E-state index contributed by atoms with van der Waals surface area (Å²) in [4.78, 5) is 0. The second-order valence-electron chi connectivity index (χ2n) is 14.1. The minimum atomic E-state index is -1.19. The van der Waals surface area contributed by atoms with Crippen molar-refractivity contribution in [1.29, 1.82) is 0 Å². The minimum absolute atomic E-state index is 0. The average Bonchev–Trinajstić information content (AvgIpc) is 3.04. The van der Waals surface area contributed by atoms with E-state index in [-0.39, 0.29) is 44.2 Å². The molecule has 3 aromatic carbocycles. The van der Waals surface area contributed by atoms with Gasteiger partial charge in [-0.3, -0.25) is 0 Å². The third-order valence-corrected chi connectivity index (χ3v) is 11.0. The summed E-state index contributed by atoms with van der Waals surface area (Å²) in [6, 6.07) is 13.8. The maximum absolute atomic E-state index is 14.2. The van der Waals surface area contributed by atoms with E-state index < -0.39 is 29.0 Å². The van der Waals surface area contributed by atoms with Crippen molar-refractivity contribution in [2.45, 2.75) is 110 Å². The molecule has 6 heteroatoms. The molecule has 3 fully saturated rings. The largest absolute Gasteiger partial charge is 0.505 e. The summed E-state index contributed by atoms with van der Waals surface area (Å²) in [6.07, 6.45) is 14.8. The van der Waals surface area contributed by atoms with Gasteiger partial charge in [0.1, 0.15) is 0 Å². The van der Waals surface area contributed by atoms with Crippen LogP contribution in [0.3, 0.4) is 0 Å². The SMILES string of the molecule is CC1CCC(c2ccc(-c3ccc(O)c(F)c3F)cc2)CC1.Cc1ccc(C2CCC(C3CCC(C)CC3)CC2)c(F)c1F.[Y]. The van der Waals surface area contributed by atoms with Gasteiger partial charge in [-0.05, 0) is 128 Å². The summed E-state index contributed by atoms with van der Waals surface area (Å²) in [5.41, 5.74) is 3.10. The van der Waals surface area contributed by atoms with Gasteiger partial charge >= 0.3 is 0 Å². The van der Waals surface area contributed by atoms with Crippen molar-refractivity contribution in [3.8, 4) is 16.9 Å². The van der Waals surface area contributed by atoms with E-state index >= 15 is 0 Å². The average molecular weight is 698 g/mol. The van der Waals surface area contributed by atoms with E-state index in [2.05, 4.69) is 13.8 Å². The first-order valence-corrected chi connectivity index (χ1v) is 16.8. The zero-order valence-electron chi connectivity index (χ0n) is 27.1. The van der Waals surface area contributed by atoms with Crippen molar-refractivity contribution in [2.75, 3.05) is 0 Å². The van der Waals surface area contributed by atoms with E-state index in [0.717, 1.165) is 36.5 Å². The smallest absolute Gasteiger partial charge is 0.200 e. The molecular formula is C39H48F4OY. The van der Waals surface area contributed by atoms with Gasteiger partial charge in [0.25, 0.3) is 0 Å². The van der Waals surface area contributed by atoms with Crippen molar-refractivity contribution < 1.29 is 55.4 Å². The minimum Gasteiger partial charge on any atom is -0.505 e. The van der Waals surface area contributed by atoms with Crippen LogP contribution in [0.1, 0.15) is 119 Å². The number of aromatic hydroxyl groups is 1. The van der Waals surface area contributed by atoms with Crippen molar-refractivity contribution in [3.05, 3.63) is 88.5 Å². The Morgan fingerprint density at radius 2 is 1.04 bits per heavy atom. The van der Waals surface area contributed by atoms with Crippen LogP contribution in [0.2, 0.25) is 0 Å².